The Hall–Kier alpha value is -2.38. The van der Waals surface area contributed by atoms with Crippen LogP contribution in [0.25, 0.3) is 0 Å². The number of nitrogens with one attached hydrogen (secondary N) is 1. The fourth-order valence-corrected chi connectivity index (χ4v) is 3.84. The molecule has 0 aliphatic heterocycles. The molecule has 1 saturated carbocycles. The molecule has 1 aromatic carbocycles. The van der Waals surface area contributed by atoms with E-state index in [1.165, 1.54) is 18.4 Å². The lowest BCUT2D eigenvalue weighted by Gasteiger charge is -2.24. The first-order valence-corrected chi connectivity index (χ1v) is 10.8. The van der Waals surface area contributed by atoms with E-state index in [9.17, 15) is 4.79 Å². The third-order valence-electron chi connectivity index (χ3n) is 4.90. The molecular weight excluding hydrogens is 382 g/mol. The lowest BCUT2D eigenvalue weighted by atomic mass is 10.0. The predicted molar refractivity (Wildman–Crippen MR) is 122 cm³/mol. The van der Waals surface area contributed by atoms with Crippen LogP contribution in [0, 0.1) is 6.92 Å². The summed E-state index contributed by atoms with van der Waals surface area (Å²) in [7, 11) is 5.85. The van der Waals surface area contributed by atoms with Crippen LogP contribution >= 0.6 is 11.9 Å². The number of nitrogens with zero attached hydrogens (tertiary/aromatic N) is 4. The highest BCUT2D eigenvalue weighted by Gasteiger charge is 2.26. The van der Waals surface area contributed by atoms with E-state index in [1.807, 2.05) is 33.2 Å². The molecular formula is C22H29N5OS. The summed E-state index contributed by atoms with van der Waals surface area (Å²) in [6.45, 7) is 2.70. The summed E-state index contributed by atoms with van der Waals surface area (Å²) >= 11 is 1.75. The van der Waals surface area contributed by atoms with E-state index in [0.717, 1.165) is 47.2 Å². The number of pyridine rings is 1. The quantitative estimate of drug-likeness (QED) is 0.224. The van der Waals surface area contributed by atoms with E-state index in [1.54, 1.807) is 30.1 Å². The van der Waals surface area contributed by atoms with E-state index in [2.05, 4.69) is 37.8 Å². The van der Waals surface area contributed by atoms with Gasteiger partial charge in [-0.25, -0.2) is 0 Å². The first-order valence-electron chi connectivity index (χ1n) is 9.86. The number of benzene rings is 1. The second-order valence-electron chi connectivity index (χ2n) is 7.28. The van der Waals surface area contributed by atoms with Gasteiger partial charge in [0.25, 0.3) is 0 Å². The maximum Gasteiger partial charge on any atom is 0.218 e. The molecule has 0 unspecified atom stereocenters. The van der Waals surface area contributed by atoms with Gasteiger partial charge in [-0.3, -0.25) is 24.0 Å². The number of carbonyl (C=O) groups excluding carboxylic acids is 1. The van der Waals surface area contributed by atoms with E-state index >= 15 is 0 Å². The molecule has 0 spiro atoms. The lowest BCUT2D eigenvalue weighted by Crippen LogP contribution is -2.29. The van der Waals surface area contributed by atoms with Gasteiger partial charge in [0.1, 0.15) is 5.84 Å². The summed E-state index contributed by atoms with van der Waals surface area (Å²) in [5.74, 6) is 2.31. The van der Waals surface area contributed by atoms with Gasteiger partial charge in [0.15, 0.2) is 0 Å². The van der Waals surface area contributed by atoms with Gasteiger partial charge in [-0.1, -0.05) is 18.0 Å². The van der Waals surface area contributed by atoms with Crippen LogP contribution in [0.3, 0.4) is 0 Å². The highest BCUT2D eigenvalue weighted by molar-refractivity contribution is 7.97. The maximum atomic E-state index is 12.2. The molecule has 0 saturated heterocycles. The number of aliphatic imine (C=N–C) groups is 1. The van der Waals surface area contributed by atoms with Crippen molar-refractivity contribution in [2.75, 3.05) is 38.3 Å². The highest BCUT2D eigenvalue weighted by atomic mass is 32.2. The van der Waals surface area contributed by atoms with Crippen molar-refractivity contribution in [1.29, 1.82) is 0 Å². The zero-order valence-corrected chi connectivity index (χ0v) is 18.4. The van der Waals surface area contributed by atoms with Crippen LogP contribution in [-0.2, 0) is 4.79 Å². The van der Waals surface area contributed by atoms with Crippen LogP contribution in [0.1, 0.15) is 35.6 Å². The van der Waals surface area contributed by atoms with Crippen molar-refractivity contribution in [2.45, 2.75) is 25.7 Å². The van der Waals surface area contributed by atoms with Crippen molar-refractivity contribution in [3.8, 4) is 0 Å². The lowest BCUT2D eigenvalue weighted by molar-refractivity contribution is -0.106. The summed E-state index contributed by atoms with van der Waals surface area (Å²) in [4.78, 5) is 22.7. The zero-order valence-electron chi connectivity index (χ0n) is 17.6. The second kappa shape index (κ2) is 9.89. The Morgan fingerprint density at radius 2 is 2.10 bits per heavy atom. The average Bonchev–Trinajstić information content (AvgIpc) is 3.55. The zero-order chi connectivity index (χ0) is 20.8. The molecule has 1 aliphatic carbocycles. The molecule has 1 aliphatic rings. The topological polar surface area (TPSA) is 60.8 Å². The number of hydrogen-bond donors (Lipinski definition) is 1. The number of aromatic nitrogens is 1. The normalized spacial score (nSPS) is 14.2. The van der Waals surface area contributed by atoms with E-state index in [-0.39, 0.29) is 0 Å². The molecule has 6 nitrogen and oxygen atoms in total. The van der Waals surface area contributed by atoms with Gasteiger partial charge in [-0.2, -0.15) is 0 Å². The molecule has 1 fully saturated rings. The van der Waals surface area contributed by atoms with Crippen molar-refractivity contribution in [3.63, 3.8) is 0 Å². The summed E-state index contributed by atoms with van der Waals surface area (Å²) < 4.78 is 2.08. The van der Waals surface area contributed by atoms with Gasteiger partial charge in [0.05, 0.1) is 17.1 Å². The first kappa shape index (κ1) is 21.3. The van der Waals surface area contributed by atoms with E-state index in [0.29, 0.717) is 5.92 Å². The molecule has 0 radical (unpaired) electrons. The van der Waals surface area contributed by atoms with Gasteiger partial charge in [-0.05, 0) is 69.6 Å². The maximum absolute atomic E-state index is 12.2. The number of carbonyl (C=O) groups is 1. The number of amides is 1. The number of rotatable bonds is 9. The Morgan fingerprint density at radius 1 is 1.31 bits per heavy atom. The molecule has 1 aromatic heterocycles. The van der Waals surface area contributed by atoms with Crippen LogP contribution < -0.4 is 10.2 Å². The van der Waals surface area contributed by atoms with Crippen molar-refractivity contribution in [3.05, 3.63) is 53.3 Å². The van der Waals surface area contributed by atoms with Crippen LogP contribution in [0.2, 0.25) is 0 Å². The molecule has 154 valence electrons. The van der Waals surface area contributed by atoms with Crippen molar-refractivity contribution in [1.82, 2.24) is 14.6 Å². The van der Waals surface area contributed by atoms with Crippen LogP contribution in [-0.4, -0.2) is 55.0 Å². The molecule has 0 bridgehead atoms. The standard InChI is InChI=1S/C22H29N5OS/c1-16-20(6-5-11-24-16)27(15-28)21-14-18(17-7-8-17)9-10-19(21)22(23-2)25-12-13-29-26(3)4/h5-6,9-11,14-15,17H,7-8,12-13H2,1-4H3,(H,23,25). The number of amidine groups is 1. The Bertz CT molecular complexity index is 879. The van der Waals surface area contributed by atoms with Crippen LogP contribution in [0.15, 0.2) is 41.5 Å². The Morgan fingerprint density at radius 3 is 2.72 bits per heavy atom. The number of hydrogen-bond acceptors (Lipinski definition) is 5. The first-order chi connectivity index (χ1) is 14.0. The monoisotopic (exact) mass is 411 g/mol. The fourth-order valence-electron chi connectivity index (χ4n) is 3.28. The van der Waals surface area contributed by atoms with E-state index in [4.69, 9.17) is 0 Å². The molecule has 1 amide bonds. The van der Waals surface area contributed by atoms with Crippen molar-refractivity contribution in [2.24, 2.45) is 4.99 Å². The number of aryl methyl sites for hydroxylation is 1. The average molecular weight is 412 g/mol. The van der Waals surface area contributed by atoms with Crippen LogP contribution in [0.4, 0.5) is 11.4 Å². The Labute approximate surface area is 177 Å². The molecule has 3 rings (SSSR count). The molecule has 0 atom stereocenters. The third kappa shape index (κ3) is 5.36. The summed E-state index contributed by atoms with van der Waals surface area (Å²) in [5, 5.41) is 3.44. The molecule has 2 aromatic rings. The largest absolute Gasteiger partial charge is 0.369 e. The molecule has 1 heterocycles. The van der Waals surface area contributed by atoms with Crippen molar-refractivity contribution < 1.29 is 4.79 Å². The van der Waals surface area contributed by atoms with Gasteiger partial charge >= 0.3 is 0 Å². The van der Waals surface area contributed by atoms with Gasteiger partial charge in [-0.15, -0.1) is 0 Å². The minimum Gasteiger partial charge on any atom is -0.369 e. The predicted octanol–water partition coefficient (Wildman–Crippen LogP) is 3.74. The fraction of sp³-hybridized carbons (Fsp3) is 0.409. The Kier molecular flexibility index (Phi) is 7.28. The second-order valence-corrected chi connectivity index (χ2v) is 8.68. The Balaban J connectivity index is 1.96. The van der Waals surface area contributed by atoms with Crippen LogP contribution in [0.5, 0.6) is 0 Å². The summed E-state index contributed by atoms with van der Waals surface area (Å²) in [6, 6.07) is 10.2. The SMILES string of the molecule is C/N=C(/NCCSN(C)C)c1ccc(C2CC2)cc1N(C=O)c1cccnc1C. The van der Waals surface area contributed by atoms with Gasteiger partial charge in [0.2, 0.25) is 6.41 Å². The summed E-state index contributed by atoms with van der Waals surface area (Å²) in [5.41, 5.74) is 4.63. The third-order valence-corrected chi connectivity index (χ3v) is 5.80. The molecule has 1 N–H and O–H groups in total. The highest BCUT2D eigenvalue weighted by Crippen LogP contribution is 2.42. The van der Waals surface area contributed by atoms with Gasteiger partial charge in [0, 0.05) is 31.1 Å². The van der Waals surface area contributed by atoms with Gasteiger partial charge < -0.3 is 5.32 Å². The minimum absolute atomic E-state index is 0.595. The molecule has 29 heavy (non-hydrogen) atoms. The van der Waals surface area contributed by atoms with E-state index < -0.39 is 0 Å². The number of anilines is 2. The molecule has 7 heteroatoms. The smallest absolute Gasteiger partial charge is 0.218 e. The minimum atomic E-state index is 0.595. The van der Waals surface area contributed by atoms with Crippen molar-refractivity contribution >= 4 is 35.6 Å². The summed E-state index contributed by atoms with van der Waals surface area (Å²) in [6.07, 6.45) is 5.03.